The number of unbranched alkanes of at least 4 members (excludes halogenated alkanes) is 3. The molecule has 0 rings (SSSR count). The van der Waals surface area contributed by atoms with Crippen LogP contribution in [0.2, 0.25) is 0 Å². The van der Waals surface area contributed by atoms with Crippen molar-refractivity contribution in [2.45, 2.75) is 46.5 Å². The highest BCUT2D eigenvalue weighted by atomic mass is 16.5. The standard InChI is InChI=1S/C14H32N2O/c1-4-15-11-9-7-8-10-13-17-14-12-16(5-2)6-3/h15H,4-14H2,1-3H3. The van der Waals surface area contributed by atoms with E-state index in [0.717, 1.165) is 39.4 Å². The Labute approximate surface area is 108 Å². The van der Waals surface area contributed by atoms with Crippen molar-refractivity contribution in [1.29, 1.82) is 0 Å². The third-order valence-corrected chi connectivity index (χ3v) is 3.09. The van der Waals surface area contributed by atoms with Crippen LogP contribution in [0.1, 0.15) is 46.5 Å². The number of hydrogen-bond donors (Lipinski definition) is 1. The predicted molar refractivity (Wildman–Crippen MR) is 75.6 cm³/mol. The molecule has 0 saturated heterocycles. The van der Waals surface area contributed by atoms with E-state index in [0.29, 0.717) is 0 Å². The molecule has 0 aliphatic carbocycles. The summed E-state index contributed by atoms with van der Waals surface area (Å²) in [4.78, 5) is 2.40. The van der Waals surface area contributed by atoms with Crippen LogP contribution < -0.4 is 5.32 Å². The molecule has 0 unspecified atom stereocenters. The molecule has 0 heterocycles. The van der Waals surface area contributed by atoms with E-state index < -0.39 is 0 Å². The first-order valence-corrected chi connectivity index (χ1v) is 7.35. The van der Waals surface area contributed by atoms with Gasteiger partial charge in [-0.05, 0) is 39.0 Å². The Bertz CT molecular complexity index is 138. The van der Waals surface area contributed by atoms with Crippen LogP contribution in [0.15, 0.2) is 0 Å². The van der Waals surface area contributed by atoms with E-state index in [9.17, 15) is 0 Å². The van der Waals surface area contributed by atoms with Crippen LogP contribution in [0.3, 0.4) is 0 Å². The van der Waals surface area contributed by atoms with Gasteiger partial charge in [-0.25, -0.2) is 0 Å². The fourth-order valence-corrected chi connectivity index (χ4v) is 1.82. The molecule has 0 aromatic heterocycles. The van der Waals surface area contributed by atoms with Gasteiger partial charge in [-0.2, -0.15) is 0 Å². The Morgan fingerprint density at radius 3 is 2.24 bits per heavy atom. The van der Waals surface area contributed by atoms with E-state index in [4.69, 9.17) is 4.74 Å². The highest BCUT2D eigenvalue weighted by Crippen LogP contribution is 1.99. The predicted octanol–water partition coefficient (Wildman–Crippen LogP) is 2.51. The summed E-state index contributed by atoms with van der Waals surface area (Å²) in [6, 6.07) is 0. The van der Waals surface area contributed by atoms with E-state index in [1.54, 1.807) is 0 Å². The summed E-state index contributed by atoms with van der Waals surface area (Å²) in [5.41, 5.74) is 0. The lowest BCUT2D eigenvalue weighted by atomic mass is 10.2. The molecule has 0 saturated carbocycles. The van der Waals surface area contributed by atoms with Gasteiger partial charge in [0.25, 0.3) is 0 Å². The van der Waals surface area contributed by atoms with Crippen molar-refractivity contribution >= 4 is 0 Å². The summed E-state index contributed by atoms with van der Waals surface area (Å²) in [6.45, 7) is 14.0. The first-order valence-electron chi connectivity index (χ1n) is 7.35. The van der Waals surface area contributed by atoms with Gasteiger partial charge >= 0.3 is 0 Å². The van der Waals surface area contributed by atoms with E-state index in [1.807, 2.05) is 0 Å². The molecular formula is C14H32N2O. The van der Waals surface area contributed by atoms with Gasteiger partial charge in [0, 0.05) is 13.2 Å². The number of nitrogens with zero attached hydrogens (tertiary/aromatic N) is 1. The molecule has 0 fully saturated rings. The second-order valence-corrected chi connectivity index (χ2v) is 4.41. The minimum absolute atomic E-state index is 0.888. The third-order valence-electron chi connectivity index (χ3n) is 3.09. The lowest BCUT2D eigenvalue weighted by Crippen LogP contribution is -2.27. The van der Waals surface area contributed by atoms with Gasteiger partial charge in [0.05, 0.1) is 6.61 Å². The van der Waals surface area contributed by atoms with Crippen LogP contribution in [-0.2, 0) is 4.74 Å². The zero-order valence-electron chi connectivity index (χ0n) is 12.1. The minimum atomic E-state index is 0.888. The summed E-state index contributed by atoms with van der Waals surface area (Å²) in [5.74, 6) is 0. The quantitative estimate of drug-likeness (QED) is 0.504. The Morgan fingerprint density at radius 2 is 1.59 bits per heavy atom. The topological polar surface area (TPSA) is 24.5 Å². The highest BCUT2D eigenvalue weighted by Gasteiger charge is 1.97. The average molecular weight is 244 g/mol. The molecule has 0 aliphatic heterocycles. The van der Waals surface area contributed by atoms with E-state index >= 15 is 0 Å². The number of rotatable bonds is 13. The summed E-state index contributed by atoms with van der Waals surface area (Å²) >= 11 is 0. The largest absolute Gasteiger partial charge is 0.380 e. The third kappa shape index (κ3) is 12.1. The number of nitrogens with one attached hydrogen (secondary N) is 1. The molecule has 0 aliphatic rings. The molecule has 0 bridgehead atoms. The second kappa shape index (κ2) is 13.9. The monoisotopic (exact) mass is 244 g/mol. The maximum absolute atomic E-state index is 5.64. The first-order chi connectivity index (χ1) is 8.35. The molecule has 3 heteroatoms. The van der Waals surface area contributed by atoms with Crippen molar-refractivity contribution in [3.8, 4) is 0 Å². The average Bonchev–Trinajstić information content (AvgIpc) is 2.36. The van der Waals surface area contributed by atoms with Gasteiger partial charge in [0.1, 0.15) is 0 Å². The molecule has 0 aromatic carbocycles. The molecule has 0 amide bonds. The lowest BCUT2D eigenvalue weighted by molar-refractivity contribution is 0.104. The Morgan fingerprint density at radius 1 is 0.882 bits per heavy atom. The molecule has 17 heavy (non-hydrogen) atoms. The summed E-state index contributed by atoms with van der Waals surface area (Å²) in [5, 5.41) is 3.35. The summed E-state index contributed by atoms with van der Waals surface area (Å²) < 4.78 is 5.64. The molecule has 0 spiro atoms. The molecule has 0 aromatic rings. The first kappa shape index (κ1) is 16.9. The molecule has 0 radical (unpaired) electrons. The van der Waals surface area contributed by atoms with Crippen molar-refractivity contribution in [2.24, 2.45) is 0 Å². The SMILES string of the molecule is CCNCCCCCCOCCN(CC)CC. The molecule has 1 N–H and O–H groups in total. The minimum Gasteiger partial charge on any atom is -0.380 e. The van der Waals surface area contributed by atoms with Crippen LogP contribution in [0.25, 0.3) is 0 Å². The normalized spacial score (nSPS) is 11.3. The maximum atomic E-state index is 5.64. The van der Waals surface area contributed by atoms with Crippen LogP contribution in [0.4, 0.5) is 0 Å². The van der Waals surface area contributed by atoms with Crippen LogP contribution in [0, 0.1) is 0 Å². The second-order valence-electron chi connectivity index (χ2n) is 4.41. The van der Waals surface area contributed by atoms with Gasteiger partial charge in [0.15, 0.2) is 0 Å². The van der Waals surface area contributed by atoms with Crippen molar-refractivity contribution in [3.63, 3.8) is 0 Å². The number of likely N-dealkylation sites (N-methyl/N-ethyl adjacent to an activating group) is 1. The molecule has 104 valence electrons. The van der Waals surface area contributed by atoms with E-state index in [-0.39, 0.29) is 0 Å². The summed E-state index contributed by atoms with van der Waals surface area (Å²) in [6.07, 6.45) is 5.14. The van der Waals surface area contributed by atoms with E-state index in [2.05, 4.69) is 31.0 Å². The zero-order valence-corrected chi connectivity index (χ0v) is 12.1. The molecular weight excluding hydrogens is 212 g/mol. The van der Waals surface area contributed by atoms with Gasteiger partial charge in [0.2, 0.25) is 0 Å². The molecule has 3 nitrogen and oxygen atoms in total. The smallest absolute Gasteiger partial charge is 0.0593 e. The summed E-state index contributed by atoms with van der Waals surface area (Å²) in [7, 11) is 0. The number of ether oxygens (including phenoxy) is 1. The maximum Gasteiger partial charge on any atom is 0.0593 e. The molecule has 0 atom stereocenters. The van der Waals surface area contributed by atoms with Crippen LogP contribution in [-0.4, -0.2) is 50.8 Å². The zero-order chi connectivity index (χ0) is 12.8. The van der Waals surface area contributed by atoms with Gasteiger partial charge in [-0.3, -0.25) is 0 Å². The van der Waals surface area contributed by atoms with Crippen LogP contribution in [0.5, 0.6) is 0 Å². The fourth-order valence-electron chi connectivity index (χ4n) is 1.82. The Hall–Kier alpha value is -0.120. The Balaban J connectivity index is 3.03. The van der Waals surface area contributed by atoms with Gasteiger partial charge < -0.3 is 15.0 Å². The van der Waals surface area contributed by atoms with E-state index in [1.165, 1.54) is 32.2 Å². The fraction of sp³-hybridized carbons (Fsp3) is 1.00. The van der Waals surface area contributed by atoms with Crippen LogP contribution >= 0.6 is 0 Å². The van der Waals surface area contributed by atoms with Crippen molar-refractivity contribution < 1.29 is 4.74 Å². The number of hydrogen-bond acceptors (Lipinski definition) is 3. The Kier molecular flexibility index (Phi) is 13.8. The lowest BCUT2D eigenvalue weighted by Gasteiger charge is -2.17. The van der Waals surface area contributed by atoms with Crippen molar-refractivity contribution in [1.82, 2.24) is 10.2 Å². The van der Waals surface area contributed by atoms with Gasteiger partial charge in [-0.1, -0.05) is 33.6 Å². The van der Waals surface area contributed by atoms with Crippen molar-refractivity contribution in [2.75, 3.05) is 45.9 Å². The van der Waals surface area contributed by atoms with Gasteiger partial charge in [-0.15, -0.1) is 0 Å². The van der Waals surface area contributed by atoms with Crippen molar-refractivity contribution in [3.05, 3.63) is 0 Å². The highest BCUT2D eigenvalue weighted by molar-refractivity contribution is 4.51.